The Hall–Kier alpha value is -3.68. The normalized spacial score (nSPS) is 14.2. The Kier molecular flexibility index (Phi) is 7.02. The van der Waals surface area contributed by atoms with Gasteiger partial charge in [-0.25, -0.2) is 0 Å². The predicted octanol–water partition coefficient (Wildman–Crippen LogP) is 4.18. The van der Waals surface area contributed by atoms with Gasteiger partial charge >= 0.3 is 0 Å². The maximum absolute atomic E-state index is 13.0. The zero-order valence-electron chi connectivity index (χ0n) is 19.0. The Labute approximate surface area is 193 Å². The molecule has 8 nitrogen and oxygen atoms in total. The Balaban J connectivity index is 1.41. The standard InChI is InChI=1S/C25H29N5O3/c1-3-7-22(24(32)27-20-8-6-9-21(16-20)30-14-4-5-15-30)28-23(31)18-10-12-19(13-11-18)25-26-17(2)29-33-25/h6,8-13,16,22H,3-5,7,14-15H2,1-2H3,(H,27,32)(H,28,31). The molecule has 1 unspecified atom stereocenters. The van der Waals surface area contributed by atoms with E-state index >= 15 is 0 Å². The average Bonchev–Trinajstić information content (AvgIpc) is 3.51. The van der Waals surface area contributed by atoms with Crippen LogP contribution >= 0.6 is 0 Å². The third kappa shape index (κ3) is 5.58. The van der Waals surface area contributed by atoms with Gasteiger partial charge in [-0.2, -0.15) is 4.98 Å². The molecule has 33 heavy (non-hydrogen) atoms. The van der Waals surface area contributed by atoms with Crippen molar-refractivity contribution < 1.29 is 14.1 Å². The van der Waals surface area contributed by atoms with E-state index in [0.717, 1.165) is 36.4 Å². The number of nitrogens with zero attached hydrogens (tertiary/aromatic N) is 3. The summed E-state index contributed by atoms with van der Waals surface area (Å²) < 4.78 is 5.16. The molecule has 2 heterocycles. The Morgan fingerprint density at radius 1 is 1.12 bits per heavy atom. The highest BCUT2D eigenvalue weighted by molar-refractivity contribution is 6.01. The summed E-state index contributed by atoms with van der Waals surface area (Å²) in [6.45, 7) is 5.81. The summed E-state index contributed by atoms with van der Waals surface area (Å²) in [5.74, 6) is 0.425. The minimum Gasteiger partial charge on any atom is -0.371 e. The second kappa shape index (κ2) is 10.3. The number of hydrogen-bond acceptors (Lipinski definition) is 6. The molecular weight excluding hydrogens is 418 g/mol. The Bertz CT molecular complexity index is 1100. The monoisotopic (exact) mass is 447 g/mol. The van der Waals surface area contributed by atoms with Crippen LogP contribution in [-0.4, -0.2) is 41.1 Å². The highest BCUT2D eigenvalue weighted by Crippen LogP contribution is 2.23. The van der Waals surface area contributed by atoms with Gasteiger partial charge in [-0.15, -0.1) is 0 Å². The van der Waals surface area contributed by atoms with E-state index in [4.69, 9.17) is 4.52 Å². The van der Waals surface area contributed by atoms with Crippen LogP contribution in [0.4, 0.5) is 11.4 Å². The van der Waals surface area contributed by atoms with Gasteiger partial charge in [-0.1, -0.05) is 24.6 Å². The van der Waals surface area contributed by atoms with Crippen LogP contribution < -0.4 is 15.5 Å². The molecule has 0 aliphatic carbocycles. The molecule has 0 saturated carbocycles. The number of aromatic nitrogens is 2. The van der Waals surface area contributed by atoms with Crippen molar-refractivity contribution in [2.24, 2.45) is 0 Å². The molecule has 1 fully saturated rings. The van der Waals surface area contributed by atoms with E-state index in [-0.39, 0.29) is 11.8 Å². The molecule has 1 atom stereocenters. The van der Waals surface area contributed by atoms with Gasteiger partial charge < -0.3 is 20.1 Å². The number of aryl methyl sites for hydroxylation is 1. The lowest BCUT2D eigenvalue weighted by Crippen LogP contribution is -2.43. The lowest BCUT2D eigenvalue weighted by Gasteiger charge is -2.20. The van der Waals surface area contributed by atoms with Gasteiger partial charge in [0.05, 0.1) is 0 Å². The molecule has 1 saturated heterocycles. The van der Waals surface area contributed by atoms with Crippen LogP contribution in [0.2, 0.25) is 0 Å². The highest BCUT2D eigenvalue weighted by Gasteiger charge is 2.21. The van der Waals surface area contributed by atoms with Gasteiger partial charge in [-0.05, 0) is 68.7 Å². The number of hydrogen-bond donors (Lipinski definition) is 2. The lowest BCUT2D eigenvalue weighted by atomic mass is 10.1. The zero-order chi connectivity index (χ0) is 23.2. The van der Waals surface area contributed by atoms with E-state index in [9.17, 15) is 9.59 Å². The fourth-order valence-corrected chi connectivity index (χ4v) is 3.96. The average molecular weight is 448 g/mol. The summed E-state index contributed by atoms with van der Waals surface area (Å²) in [7, 11) is 0. The van der Waals surface area contributed by atoms with Crippen LogP contribution in [0.15, 0.2) is 53.1 Å². The van der Waals surface area contributed by atoms with Crippen molar-refractivity contribution in [1.29, 1.82) is 0 Å². The minimum absolute atomic E-state index is 0.221. The summed E-state index contributed by atoms with van der Waals surface area (Å²) >= 11 is 0. The third-order valence-corrected chi connectivity index (χ3v) is 5.71. The summed E-state index contributed by atoms with van der Waals surface area (Å²) in [5.41, 5.74) is 3.03. The van der Waals surface area contributed by atoms with Gasteiger partial charge in [0.1, 0.15) is 6.04 Å². The maximum atomic E-state index is 13.0. The molecule has 2 amide bonds. The molecule has 1 aromatic heterocycles. The van der Waals surface area contributed by atoms with Gasteiger partial charge in [0.2, 0.25) is 5.91 Å². The third-order valence-electron chi connectivity index (χ3n) is 5.71. The van der Waals surface area contributed by atoms with Crippen molar-refractivity contribution in [1.82, 2.24) is 15.5 Å². The number of nitrogens with one attached hydrogen (secondary N) is 2. The van der Waals surface area contributed by atoms with Crippen molar-refractivity contribution >= 4 is 23.2 Å². The van der Waals surface area contributed by atoms with Crippen molar-refractivity contribution in [3.63, 3.8) is 0 Å². The minimum atomic E-state index is -0.629. The van der Waals surface area contributed by atoms with E-state index in [0.29, 0.717) is 23.7 Å². The first-order valence-corrected chi connectivity index (χ1v) is 11.4. The van der Waals surface area contributed by atoms with Crippen LogP contribution in [0.5, 0.6) is 0 Å². The Morgan fingerprint density at radius 2 is 1.88 bits per heavy atom. The number of carbonyl (C=O) groups excluding carboxylic acids is 2. The van der Waals surface area contributed by atoms with E-state index < -0.39 is 6.04 Å². The fraction of sp³-hybridized carbons (Fsp3) is 0.360. The molecule has 2 N–H and O–H groups in total. The molecule has 8 heteroatoms. The first-order valence-electron chi connectivity index (χ1n) is 11.4. The zero-order valence-corrected chi connectivity index (χ0v) is 19.0. The number of amides is 2. The van der Waals surface area contributed by atoms with Crippen LogP contribution in [0.25, 0.3) is 11.5 Å². The molecule has 4 rings (SSSR count). The fourth-order valence-electron chi connectivity index (χ4n) is 3.96. The smallest absolute Gasteiger partial charge is 0.257 e. The molecule has 1 aliphatic rings. The van der Waals surface area contributed by atoms with Crippen LogP contribution in [0.3, 0.4) is 0 Å². The van der Waals surface area contributed by atoms with E-state index in [1.807, 2.05) is 25.1 Å². The van der Waals surface area contributed by atoms with Gasteiger partial charge in [0.25, 0.3) is 11.8 Å². The number of benzene rings is 2. The summed E-state index contributed by atoms with van der Waals surface area (Å²) in [6, 6.07) is 14.1. The Morgan fingerprint density at radius 3 is 2.55 bits per heavy atom. The molecule has 172 valence electrons. The topological polar surface area (TPSA) is 100 Å². The summed E-state index contributed by atoms with van der Waals surface area (Å²) in [5, 5.41) is 9.63. The summed E-state index contributed by atoms with van der Waals surface area (Å²) in [4.78, 5) is 32.3. The number of rotatable bonds is 8. The lowest BCUT2D eigenvalue weighted by molar-refractivity contribution is -0.118. The van der Waals surface area contributed by atoms with Crippen LogP contribution in [0.1, 0.15) is 48.8 Å². The quantitative estimate of drug-likeness (QED) is 0.537. The first-order chi connectivity index (χ1) is 16.0. The molecule has 0 spiro atoms. The van der Waals surface area contributed by atoms with E-state index in [2.05, 4.69) is 31.7 Å². The second-order valence-corrected chi connectivity index (χ2v) is 8.27. The van der Waals surface area contributed by atoms with Crippen molar-refractivity contribution in [2.75, 3.05) is 23.3 Å². The van der Waals surface area contributed by atoms with Crippen LogP contribution in [0, 0.1) is 6.92 Å². The van der Waals surface area contributed by atoms with Gasteiger partial charge in [0.15, 0.2) is 5.82 Å². The second-order valence-electron chi connectivity index (χ2n) is 8.27. The molecular formula is C25H29N5O3. The van der Waals surface area contributed by atoms with Crippen molar-refractivity contribution in [3.8, 4) is 11.5 Å². The van der Waals surface area contributed by atoms with Crippen molar-refractivity contribution in [2.45, 2.75) is 45.6 Å². The first kappa shape index (κ1) is 22.5. The van der Waals surface area contributed by atoms with E-state index in [1.165, 1.54) is 12.8 Å². The summed E-state index contributed by atoms with van der Waals surface area (Å²) in [6.07, 6.45) is 3.69. The van der Waals surface area contributed by atoms with E-state index in [1.54, 1.807) is 31.2 Å². The molecule has 3 aromatic rings. The van der Waals surface area contributed by atoms with Crippen molar-refractivity contribution in [3.05, 3.63) is 59.9 Å². The molecule has 0 radical (unpaired) electrons. The predicted molar refractivity (Wildman–Crippen MR) is 127 cm³/mol. The highest BCUT2D eigenvalue weighted by atomic mass is 16.5. The van der Waals surface area contributed by atoms with Gasteiger partial charge in [0, 0.05) is 35.6 Å². The number of anilines is 2. The largest absolute Gasteiger partial charge is 0.371 e. The molecule has 2 aromatic carbocycles. The maximum Gasteiger partial charge on any atom is 0.257 e. The molecule has 1 aliphatic heterocycles. The van der Waals surface area contributed by atoms with Gasteiger partial charge in [-0.3, -0.25) is 9.59 Å². The molecule has 0 bridgehead atoms. The SMILES string of the molecule is CCCC(NC(=O)c1ccc(-c2nc(C)no2)cc1)C(=O)Nc1cccc(N2CCCC2)c1. The number of carbonyl (C=O) groups is 2. The van der Waals surface area contributed by atoms with Crippen LogP contribution in [-0.2, 0) is 4.79 Å².